The van der Waals surface area contributed by atoms with Gasteiger partial charge in [0.1, 0.15) is 5.69 Å². The summed E-state index contributed by atoms with van der Waals surface area (Å²) in [5, 5.41) is 12.9. The first kappa shape index (κ1) is 20.6. The first-order chi connectivity index (χ1) is 13.2. The van der Waals surface area contributed by atoms with Gasteiger partial charge in [-0.15, -0.1) is 5.10 Å². The average molecular weight is 443 g/mol. The van der Waals surface area contributed by atoms with Crippen molar-refractivity contribution in [3.05, 3.63) is 45.7 Å². The Morgan fingerprint density at radius 3 is 2.43 bits per heavy atom. The molecule has 1 aliphatic heterocycles. The van der Waals surface area contributed by atoms with E-state index in [0.717, 1.165) is 5.01 Å². The predicted molar refractivity (Wildman–Crippen MR) is 110 cm³/mol. The Bertz CT molecular complexity index is 933. The van der Waals surface area contributed by atoms with E-state index in [1.54, 1.807) is 12.3 Å². The van der Waals surface area contributed by atoms with Crippen molar-refractivity contribution in [3.63, 3.8) is 0 Å². The number of nitrogens with one attached hydrogen (secondary N) is 1. The van der Waals surface area contributed by atoms with E-state index >= 15 is 0 Å². The van der Waals surface area contributed by atoms with E-state index in [2.05, 4.69) is 15.5 Å². The topological polar surface area (TPSA) is 79.6 Å². The molecule has 3 rings (SSSR count). The fourth-order valence-corrected chi connectivity index (χ4v) is 3.53. The molecule has 1 aromatic carbocycles. The first-order valence-corrected chi connectivity index (χ1v) is 9.66. The van der Waals surface area contributed by atoms with Gasteiger partial charge >= 0.3 is 0 Å². The van der Waals surface area contributed by atoms with Crippen LogP contribution in [-0.4, -0.2) is 27.4 Å². The van der Waals surface area contributed by atoms with Crippen LogP contribution < -0.4 is 10.3 Å². The highest BCUT2D eigenvalue weighted by atomic mass is 35.5. The van der Waals surface area contributed by atoms with Crippen LogP contribution in [0.1, 0.15) is 33.2 Å². The van der Waals surface area contributed by atoms with Crippen molar-refractivity contribution in [2.24, 2.45) is 10.5 Å². The number of amides is 2. The van der Waals surface area contributed by atoms with Crippen molar-refractivity contribution in [1.29, 1.82) is 0 Å². The molecule has 28 heavy (non-hydrogen) atoms. The van der Waals surface area contributed by atoms with Crippen molar-refractivity contribution in [1.82, 2.24) is 15.1 Å². The van der Waals surface area contributed by atoms with Crippen LogP contribution in [0, 0.1) is 5.41 Å². The molecule has 0 radical (unpaired) electrons. The molecule has 0 saturated heterocycles. The minimum absolute atomic E-state index is 0.141. The lowest BCUT2D eigenvalue weighted by molar-refractivity contribution is -0.128. The van der Waals surface area contributed by atoms with Crippen molar-refractivity contribution < 1.29 is 9.59 Å². The molecule has 0 spiro atoms. The Hall–Kier alpha value is -2.09. The number of hydrogen-bond donors (Lipinski definition) is 1. The lowest BCUT2D eigenvalue weighted by Crippen LogP contribution is -2.44. The van der Waals surface area contributed by atoms with Gasteiger partial charge in [-0.05, 0) is 24.6 Å². The largest absolute Gasteiger partial charge is 0.310 e. The molecule has 2 amide bonds. The minimum atomic E-state index is -0.950. The maximum Gasteiger partial charge on any atom is 0.280 e. The van der Waals surface area contributed by atoms with Crippen molar-refractivity contribution in [2.45, 2.75) is 33.2 Å². The number of benzene rings is 1. The van der Waals surface area contributed by atoms with Gasteiger partial charge in [0.2, 0.25) is 5.91 Å². The molecule has 1 aliphatic rings. The van der Waals surface area contributed by atoms with Gasteiger partial charge in [0.25, 0.3) is 5.91 Å². The molecule has 0 saturated carbocycles. The molecule has 148 valence electrons. The van der Waals surface area contributed by atoms with Crippen LogP contribution in [0.3, 0.4) is 0 Å². The number of halogens is 3. The Morgan fingerprint density at radius 1 is 1.25 bits per heavy atom. The Labute approximate surface area is 177 Å². The van der Waals surface area contributed by atoms with Gasteiger partial charge in [0, 0.05) is 22.8 Å². The molecule has 1 atom stereocenters. The van der Waals surface area contributed by atoms with Crippen LogP contribution in [-0.2, 0) is 9.59 Å². The number of aromatic nitrogens is 2. The molecule has 0 aliphatic carbocycles. The SMILES string of the molecule is CCC(C)(C)C(=O)NC1=NN(c2c(Cl)cc(Cl)cc2Cl)C(=O)C1n1cccn1. The average Bonchev–Trinajstić information content (AvgIpc) is 3.23. The van der Waals surface area contributed by atoms with Crippen LogP contribution in [0.25, 0.3) is 0 Å². The number of hydrazone groups is 1. The second-order valence-corrected chi connectivity index (χ2v) is 8.18. The van der Waals surface area contributed by atoms with E-state index in [1.165, 1.54) is 23.0 Å². The monoisotopic (exact) mass is 441 g/mol. The zero-order valence-electron chi connectivity index (χ0n) is 15.4. The van der Waals surface area contributed by atoms with Gasteiger partial charge in [-0.25, -0.2) is 0 Å². The van der Waals surface area contributed by atoms with E-state index in [4.69, 9.17) is 34.8 Å². The fourth-order valence-electron chi connectivity index (χ4n) is 2.55. The summed E-state index contributed by atoms with van der Waals surface area (Å²) in [5.41, 5.74) is -0.447. The number of carbonyl (C=O) groups is 2. The summed E-state index contributed by atoms with van der Waals surface area (Å²) in [6, 6.07) is 3.65. The van der Waals surface area contributed by atoms with E-state index in [1.807, 2.05) is 20.8 Å². The third-order valence-corrected chi connectivity index (χ3v) is 5.43. The quantitative estimate of drug-likeness (QED) is 0.767. The molecule has 1 N–H and O–H groups in total. The minimum Gasteiger partial charge on any atom is -0.310 e. The predicted octanol–water partition coefficient (Wildman–Crippen LogP) is 4.30. The van der Waals surface area contributed by atoms with Crippen LogP contribution in [0.2, 0.25) is 15.1 Å². The van der Waals surface area contributed by atoms with Crippen molar-refractivity contribution >= 4 is 58.1 Å². The van der Waals surface area contributed by atoms with Gasteiger partial charge in [-0.2, -0.15) is 10.1 Å². The smallest absolute Gasteiger partial charge is 0.280 e. The normalized spacial score (nSPS) is 17.1. The number of rotatable bonds is 4. The molecule has 1 aromatic heterocycles. The zero-order valence-corrected chi connectivity index (χ0v) is 17.7. The van der Waals surface area contributed by atoms with E-state index in [-0.39, 0.29) is 27.5 Å². The number of nitrogens with zero attached hydrogens (tertiary/aromatic N) is 4. The molecule has 0 fully saturated rings. The van der Waals surface area contributed by atoms with Gasteiger partial charge in [-0.3, -0.25) is 14.3 Å². The first-order valence-electron chi connectivity index (χ1n) is 8.53. The number of anilines is 1. The summed E-state index contributed by atoms with van der Waals surface area (Å²) in [7, 11) is 0. The standard InChI is InChI=1S/C18H18Cl3N5O2/c1-4-18(2,3)17(28)23-15-14(25-7-5-6-22-25)16(27)26(24-15)13-11(20)8-10(19)9-12(13)21/h5-9,14H,4H2,1-3H3,(H,23,24,28). The van der Waals surface area contributed by atoms with Crippen LogP contribution in [0.5, 0.6) is 0 Å². The third-order valence-electron chi connectivity index (χ3n) is 4.63. The summed E-state index contributed by atoms with van der Waals surface area (Å²) < 4.78 is 1.41. The number of amidine groups is 1. The van der Waals surface area contributed by atoms with Gasteiger partial charge < -0.3 is 5.32 Å². The summed E-state index contributed by atoms with van der Waals surface area (Å²) >= 11 is 18.5. The van der Waals surface area contributed by atoms with Crippen LogP contribution in [0.4, 0.5) is 5.69 Å². The number of carbonyl (C=O) groups excluding carboxylic acids is 2. The molecule has 7 nitrogen and oxygen atoms in total. The highest BCUT2D eigenvalue weighted by Crippen LogP contribution is 2.39. The second kappa shape index (κ2) is 7.73. The van der Waals surface area contributed by atoms with Crippen molar-refractivity contribution in [2.75, 3.05) is 5.01 Å². The Morgan fingerprint density at radius 2 is 1.89 bits per heavy atom. The fraction of sp³-hybridized carbons (Fsp3) is 0.333. The summed E-state index contributed by atoms with van der Waals surface area (Å²) in [4.78, 5) is 25.8. The maximum atomic E-state index is 13.2. The van der Waals surface area contributed by atoms with E-state index in [9.17, 15) is 9.59 Å². The maximum absolute atomic E-state index is 13.2. The molecule has 10 heteroatoms. The molecule has 1 unspecified atom stereocenters. The van der Waals surface area contributed by atoms with Crippen molar-refractivity contribution in [3.8, 4) is 0 Å². The lowest BCUT2D eigenvalue weighted by atomic mass is 9.89. The lowest BCUT2D eigenvalue weighted by Gasteiger charge is -2.22. The Kier molecular flexibility index (Phi) is 5.70. The van der Waals surface area contributed by atoms with Crippen LogP contribution >= 0.6 is 34.8 Å². The summed E-state index contributed by atoms with van der Waals surface area (Å²) in [6.07, 6.45) is 3.77. The van der Waals surface area contributed by atoms with Crippen LogP contribution in [0.15, 0.2) is 35.7 Å². The molecule has 2 aromatic rings. The number of hydrogen-bond acceptors (Lipinski definition) is 4. The molecular formula is C18H18Cl3N5O2. The molecule has 0 bridgehead atoms. The highest BCUT2D eigenvalue weighted by Gasteiger charge is 2.42. The van der Waals surface area contributed by atoms with Gasteiger partial charge in [0.15, 0.2) is 11.9 Å². The third kappa shape index (κ3) is 3.74. The zero-order chi connectivity index (χ0) is 20.6. The van der Waals surface area contributed by atoms with E-state index in [0.29, 0.717) is 11.4 Å². The molecule has 2 heterocycles. The summed E-state index contributed by atoms with van der Waals surface area (Å²) in [5.74, 6) is -0.574. The van der Waals surface area contributed by atoms with Gasteiger partial charge in [0.05, 0.1) is 10.0 Å². The van der Waals surface area contributed by atoms with Gasteiger partial charge in [-0.1, -0.05) is 55.6 Å². The van der Waals surface area contributed by atoms with E-state index < -0.39 is 17.4 Å². The second-order valence-electron chi connectivity index (χ2n) is 6.93. The Balaban J connectivity index is 2.05. The highest BCUT2D eigenvalue weighted by molar-refractivity contribution is 6.42. The summed E-state index contributed by atoms with van der Waals surface area (Å²) in [6.45, 7) is 5.53. The molecular weight excluding hydrogens is 425 g/mol.